The van der Waals surface area contributed by atoms with E-state index in [0.717, 1.165) is 9.35 Å². The lowest BCUT2D eigenvalue weighted by molar-refractivity contribution is 0.0612. The highest BCUT2D eigenvalue weighted by Gasteiger charge is 2.12. The molecule has 3 nitrogen and oxygen atoms in total. The lowest BCUT2D eigenvalue weighted by Crippen LogP contribution is -2.31. The van der Waals surface area contributed by atoms with E-state index in [1.807, 2.05) is 13.8 Å². The molecule has 5 heteroatoms. The molecule has 0 spiro atoms. The van der Waals surface area contributed by atoms with Crippen LogP contribution in [-0.2, 0) is 4.74 Å². The summed E-state index contributed by atoms with van der Waals surface area (Å²) < 4.78 is 6.61. The maximum atomic E-state index is 5.51. The molecule has 3 N–H and O–H groups in total. The molecule has 0 radical (unpaired) electrons. The molecule has 0 saturated heterocycles. The predicted molar refractivity (Wildman–Crippen MR) is 63.2 cm³/mol. The van der Waals surface area contributed by atoms with Gasteiger partial charge in [0.05, 0.1) is 22.5 Å². The van der Waals surface area contributed by atoms with Crippen LogP contribution in [0.25, 0.3) is 0 Å². The molecule has 80 valence electrons. The van der Waals surface area contributed by atoms with E-state index >= 15 is 0 Å². The molecule has 1 aromatic heterocycles. The minimum atomic E-state index is 0.0694. The molecule has 1 atom stereocenters. The van der Waals surface area contributed by atoms with Gasteiger partial charge in [0.25, 0.3) is 0 Å². The van der Waals surface area contributed by atoms with Crippen LogP contribution in [0.15, 0.2) is 15.2 Å². The second-order valence-corrected chi connectivity index (χ2v) is 5.58. The van der Waals surface area contributed by atoms with E-state index in [1.165, 1.54) is 0 Å². The number of halogens is 1. The first kappa shape index (κ1) is 12.1. The van der Waals surface area contributed by atoms with Gasteiger partial charge in [-0.3, -0.25) is 11.3 Å². The van der Waals surface area contributed by atoms with Crippen molar-refractivity contribution in [1.29, 1.82) is 0 Å². The molecule has 1 unspecified atom stereocenters. The molecule has 0 aliphatic rings. The van der Waals surface area contributed by atoms with Crippen molar-refractivity contribution >= 4 is 27.3 Å². The Morgan fingerprint density at radius 3 is 2.79 bits per heavy atom. The SMILES string of the molecule is CC(C)OCC(NN)c1csc(Br)c1. The fraction of sp³-hybridized carbons (Fsp3) is 0.556. The van der Waals surface area contributed by atoms with E-state index in [-0.39, 0.29) is 12.1 Å². The summed E-state index contributed by atoms with van der Waals surface area (Å²) in [5, 5.41) is 2.07. The van der Waals surface area contributed by atoms with Gasteiger partial charge in [0.1, 0.15) is 0 Å². The number of nitrogens with two attached hydrogens (primary N) is 1. The molecule has 0 bridgehead atoms. The van der Waals surface area contributed by atoms with Crippen molar-refractivity contribution in [3.63, 3.8) is 0 Å². The van der Waals surface area contributed by atoms with Crippen LogP contribution in [0.1, 0.15) is 25.5 Å². The maximum absolute atomic E-state index is 5.51. The zero-order valence-electron chi connectivity index (χ0n) is 8.29. The third-order valence-corrected chi connectivity index (χ3v) is 3.31. The number of nitrogens with one attached hydrogen (secondary N) is 1. The standard InChI is InChI=1S/C9H15BrN2OS/c1-6(2)13-4-8(12-11)7-3-9(10)14-5-7/h3,5-6,8,12H,4,11H2,1-2H3. The van der Waals surface area contributed by atoms with Crippen molar-refractivity contribution in [1.82, 2.24) is 5.43 Å². The molecule has 1 heterocycles. The topological polar surface area (TPSA) is 47.3 Å². The molecule has 0 aromatic carbocycles. The quantitative estimate of drug-likeness (QED) is 0.643. The summed E-state index contributed by atoms with van der Waals surface area (Å²) in [6.45, 7) is 4.62. The van der Waals surface area contributed by atoms with Crippen LogP contribution in [0.4, 0.5) is 0 Å². The monoisotopic (exact) mass is 278 g/mol. The van der Waals surface area contributed by atoms with Crippen LogP contribution in [-0.4, -0.2) is 12.7 Å². The molecule has 14 heavy (non-hydrogen) atoms. The average molecular weight is 279 g/mol. The Bertz CT molecular complexity index is 278. The fourth-order valence-corrected chi connectivity index (χ4v) is 2.27. The lowest BCUT2D eigenvalue weighted by atomic mass is 10.2. The van der Waals surface area contributed by atoms with Crippen LogP contribution < -0.4 is 11.3 Å². The normalized spacial score (nSPS) is 13.5. The number of hydrogen-bond donors (Lipinski definition) is 2. The van der Waals surface area contributed by atoms with Crippen molar-refractivity contribution in [2.75, 3.05) is 6.61 Å². The number of rotatable bonds is 5. The summed E-state index contributed by atoms with van der Waals surface area (Å²) >= 11 is 5.07. The summed E-state index contributed by atoms with van der Waals surface area (Å²) in [5.74, 6) is 5.46. The van der Waals surface area contributed by atoms with E-state index in [4.69, 9.17) is 10.6 Å². The Labute approximate surface area is 96.7 Å². The molecular formula is C9H15BrN2OS. The van der Waals surface area contributed by atoms with E-state index in [1.54, 1.807) is 11.3 Å². The third-order valence-electron chi connectivity index (χ3n) is 1.79. The van der Waals surface area contributed by atoms with E-state index in [0.29, 0.717) is 6.61 Å². The van der Waals surface area contributed by atoms with Crippen LogP contribution >= 0.6 is 27.3 Å². The summed E-state index contributed by atoms with van der Waals surface area (Å²) in [5.41, 5.74) is 3.91. The van der Waals surface area contributed by atoms with Gasteiger partial charge in [0.15, 0.2) is 0 Å². The Morgan fingerprint density at radius 2 is 2.36 bits per heavy atom. The highest BCUT2D eigenvalue weighted by Crippen LogP contribution is 2.25. The number of thiophene rings is 1. The third kappa shape index (κ3) is 3.67. The van der Waals surface area contributed by atoms with Crippen molar-refractivity contribution in [2.45, 2.75) is 26.0 Å². The Kier molecular flexibility index (Phi) is 5.05. The smallest absolute Gasteiger partial charge is 0.0702 e. The maximum Gasteiger partial charge on any atom is 0.0702 e. The largest absolute Gasteiger partial charge is 0.377 e. The van der Waals surface area contributed by atoms with Crippen LogP contribution in [0.3, 0.4) is 0 Å². The highest BCUT2D eigenvalue weighted by molar-refractivity contribution is 9.11. The first-order valence-electron chi connectivity index (χ1n) is 4.45. The van der Waals surface area contributed by atoms with E-state index in [9.17, 15) is 0 Å². The van der Waals surface area contributed by atoms with Crippen LogP contribution in [0.2, 0.25) is 0 Å². The molecule has 0 saturated carbocycles. The van der Waals surface area contributed by atoms with Gasteiger partial charge in [-0.2, -0.15) is 0 Å². The Morgan fingerprint density at radius 1 is 1.64 bits per heavy atom. The second kappa shape index (κ2) is 5.82. The highest BCUT2D eigenvalue weighted by atomic mass is 79.9. The first-order valence-corrected chi connectivity index (χ1v) is 6.12. The Balaban J connectivity index is 2.54. The molecule has 0 fully saturated rings. The second-order valence-electron chi connectivity index (χ2n) is 3.29. The molecule has 0 aliphatic carbocycles. The van der Waals surface area contributed by atoms with Gasteiger partial charge in [-0.25, -0.2) is 0 Å². The van der Waals surface area contributed by atoms with Crippen molar-refractivity contribution in [3.05, 3.63) is 20.8 Å². The van der Waals surface area contributed by atoms with Gasteiger partial charge >= 0.3 is 0 Å². The van der Waals surface area contributed by atoms with E-state index in [2.05, 4.69) is 32.8 Å². The molecule has 0 aliphatic heterocycles. The minimum absolute atomic E-state index is 0.0694. The van der Waals surface area contributed by atoms with Crippen molar-refractivity contribution < 1.29 is 4.74 Å². The number of ether oxygens (including phenoxy) is 1. The van der Waals surface area contributed by atoms with Crippen molar-refractivity contribution in [3.8, 4) is 0 Å². The first-order chi connectivity index (χ1) is 6.63. The number of hydrogen-bond acceptors (Lipinski definition) is 4. The molecule has 0 amide bonds. The fourth-order valence-electron chi connectivity index (χ4n) is 1.04. The minimum Gasteiger partial charge on any atom is -0.377 e. The van der Waals surface area contributed by atoms with Gasteiger partial charge in [0, 0.05) is 0 Å². The molecular weight excluding hydrogens is 264 g/mol. The van der Waals surface area contributed by atoms with Gasteiger partial charge in [0.2, 0.25) is 0 Å². The number of hydrazine groups is 1. The Hall–Kier alpha value is 0.0600. The van der Waals surface area contributed by atoms with Gasteiger partial charge in [-0.1, -0.05) is 0 Å². The van der Waals surface area contributed by atoms with Crippen LogP contribution in [0, 0.1) is 0 Å². The zero-order valence-corrected chi connectivity index (χ0v) is 10.7. The summed E-state index contributed by atoms with van der Waals surface area (Å²) in [4.78, 5) is 0. The summed E-state index contributed by atoms with van der Waals surface area (Å²) in [7, 11) is 0. The van der Waals surface area contributed by atoms with Crippen LogP contribution in [0.5, 0.6) is 0 Å². The zero-order chi connectivity index (χ0) is 10.6. The molecule has 1 rings (SSSR count). The van der Waals surface area contributed by atoms with Gasteiger partial charge in [-0.15, -0.1) is 11.3 Å². The van der Waals surface area contributed by atoms with Gasteiger partial charge in [-0.05, 0) is 46.8 Å². The van der Waals surface area contributed by atoms with Gasteiger partial charge < -0.3 is 4.74 Å². The lowest BCUT2D eigenvalue weighted by Gasteiger charge is -2.16. The summed E-state index contributed by atoms with van der Waals surface area (Å²) in [6.07, 6.45) is 0.230. The van der Waals surface area contributed by atoms with E-state index < -0.39 is 0 Å². The molecule has 1 aromatic rings. The predicted octanol–water partition coefficient (Wildman–Crippen LogP) is 2.44. The summed E-state index contributed by atoms with van der Waals surface area (Å²) in [6, 6.07) is 2.12. The van der Waals surface area contributed by atoms with Crippen molar-refractivity contribution in [2.24, 2.45) is 5.84 Å². The average Bonchev–Trinajstić information content (AvgIpc) is 2.53.